The van der Waals surface area contributed by atoms with Crippen LogP contribution < -0.4 is 10.9 Å². The van der Waals surface area contributed by atoms with Gasteiger partial charge in [-0.25, -0.2) is 14.4 Å². The molecule has 0 aliphatic rings. The van der Waals surface area contributed by atoms with Gasteiger partial charge in [0.1, 0.15) is 11.6 Å². The normalized spacial score (nSPS) is 12.5. The van der Waals surface area contributed by atoms with Crippen LogP contribution in [0.5, 0.6) is 0 Å². The fourth-order valence-electron chi connectivity index (χ4n) is 4.06. The van der Waals surface area contributed by atoms with Gasteiger partial charge in [0, 0.05) is 19.6 Å². The molecule has 2 aromatic heterocycles. The molecule has 1 unspecified atom stereocenters. The standard InChI is InChI=1S/C25H28FN5OS/c1-3-21(30(14-13-27-2)15-19-9-11-20(26)12-10-19)23-29-24-22(28-17-33-24)25(32)31(23)16-18-7-5-4-6-8-18/h4-12,17,21,27H,3,13-16H2,1-2H3. The van der Waals surface area contributed by atoms with Gasteiger partial charge < -0.3 is 5.32 Å². The molecule has 8 heteroatoms. The number of halogens is 1. The van der Waals surface area contributed by atoms with Gasteiger partial charge in [-0.1, -0.05) is 49.4 Å². The smallest absolute Gasteiger partial charge is 0.281 e. The van der Waals surface area contributed by atoms with Gasteiger partial charge in [0.2, 0.25) is 0 Å². The number of rotatable bonds is 10. The second kappa shape index (κ2) is 10.8. The topological polar surface area (TPSA) is 63.1 Å². The molecule has 0 amide bonds. The molecule has 0 bridgehead atoms. The van der Waals surface area contributed by atoms with Crippen molar-refractivity contribution in [1.82, 2.24) is 24.8 Å². The molecule has 33 heavy (non-hydrogen) atoms. The number of nitrogens with one attached hydrogen (secondary N) is 1. The molecule has 0 aliphatic heterocycles. The van der Waals surface area contributed by atoms with Crippen LogP contribution in [0.3, 0.4) is 0 Å². The predicted octanol–water partition coefficient (Wildman–Crippen LogP) is 4.21. The Balaban J connectivity index is 1.78. The Kier molecular flexibility index (Phi) is 7.59. The number of likely N-dealkylation sites (N-methyl/N-ethyl adjacent to an activating group) is 1. The highest BCUT2D eigenvalue weighted by molar-refractivity contribution is 7.16. The zero-order chi connectivity index (χ0) is 23.2. The maximum absolute atomic E-state index is 13.5. The van der Waals surface area contributed by atoms with E-state index in [1.54, 1.807) is 10.1 Å². The van der Waals surface area contributed by atoms with Crippen molar-refractivity contribution in [3.63, 3.8) is 0 Å². The highest BCUT2D eigenvalue weighted by Gasteiger charge is 2.26. The number of thiazole rings is 1. The van der Waals surface area contributed by atoms with Crippen LogP contribution in [0.25, 0.3) is 10.3 Å². The Bertz CT molecular complexity index is 1240. The first-order valence-corrected chi connectivity index (χ1v) is 12.0. The van der Waals surface area contributed by atoms with Crippen LogP contribution in [0, 0.1) is 5.82 Å². The first kappa shape index (κ1) is 23.2. The maximum atomic E-state index is 13.5. The third-order valence-electron chi connectivity index (χ3n) is 5.75. The molecule has 1 N–H and O–H groups in total. The first-order valence-electron chi connectivity index (χ1n) is 11.1. The lowest BCUT2D eigenvalue weighted by Crippen LogP contribution is -2.38. The van der Waals surface area contributed by atoms with Gasteiger partial charge >= 0.3 is 0 Å². The summed E-state index contributed by atoms with van der Waals surface area (Å²) in [6.07, 6.45) is 0.774. The molecule has 2 heterocycles. The van der Waals surface area contributed by atoms with E-state index in [9.17, 15) is 9.18 Å². The van der Waals surface area contributed by atoms with Gasteiger partial charge in [-0.15, -0.1) is 11.3 Å². The number of nitrogens with zero attached hydrogens (tertiary/aromatic N) is 4. The minimum absolute atomic E-state index is 0.0914. The summed E-state index contributed by atoms with van der Waals surface area (Å²) >= 11 is 1.39. The molecule has 4 aromatic rings. The van der Waals surface area contributed by atoms with Crippen LogP contribution in [-0.2, 0) is 13.1 Å². The Labute approximate surface area is 196 Å². The van der Waals surface area contributed by atoms with Crippen LogP contribution >= 0.6 is 11.3 Å². The summed E-state index contributed by atoms with van der Waals surface area (Å²) in [5, 5.41) is 3.22. The number of fused-ring (bicyclic) bond motifs is 1. The molecule has 0 radical (unpaired) electrons. The van der Waals surface area contributed by atoms with Crippen molar-refractivity contribution in [2.45, 2.75) is 32.5 Å². The van der Waals surface area contributed by atoms with E-state index in [0.29, 0.717) is 23.4 Å². The summed E-state index contributed by atoms with van der Waals surface area (Å²) in [4.78, 5) is 25.7. The Morgan fingerprint density at radius 3 is 2.58 bits per heavy atom. The summed E-state index contributed by atoms with van der Waals surface area (Å²) in [6, 6.07) is 16.4. The number of aromatic nitrogens is 3. The Hall–Kier alpha value is -2.94. The van der Waals surface area contributed by atoms with E-state index >= 15 is 0 Å². The lowest BCUT2D eigenvalue weighted by Gasteiger charge is -2.32. The third-order valence-corrected chi connectivity index (χ3v) is 6.46. The van der Waals surface area contributed by atoms with E-state index in [0.717, 1.165) is 36.5 Å². The molecule has 2 aromatic carbocycles. The lowest BCUT2D eigenvalue weighted by atomic mass is 10.1. The Morgan fingerprint density at radius 1 is 1.12 bits per heavy atom. The first-order chi connectivity index (χ1) is 16.1. The van der Waals surface area contributed by atoms with Crippen LogP contribution in [-0.4, -0.2) is 39.6 Å². The summed E-state index contributed by atoms with van der Waals surface area (Å²) in [5.41, 5.74) is 4.02. The van der Waals surface area contributed by atoms with Gasteiger partial charge in [-0.2, -0.15) is 0 Å². The van der Waals surface area contributed by atoms with Gasteiger partial charge in [0.05, 0.1) is 18.1 Å². The summed E-state index contributed by atoms with van der Waals surface area (Å²) in [6.45, 7) is 4.71. The summed E-state index contributed by atoms with van der Waals surface area (Å²) in [7, 11) is 1.92. The van der Waals surface area contributed by atoms with E-state index in [1.165, 1.54) is 23.5 Å². The van der Waals surface area contributed by atoms with E-state index in [1.807, 2.05) is 49.5 Å². The number of hydrogen-bond acceptors (Lipinski definition) is 6. The average molecular weight is 466 g/mol. The van der Waals surface area contributed by atoms with Crippen molar-refractivity contribution in [3.05, 3.63) is 93.2 Å². The van der Waals surface area contributed by atoms with Gasteiger partial charge in [0.15, 0.2) is 10.3 Å². The van der Waals surface area contributed by atoms with Crippen molar-refractivity contribution in [2.75, 3.05) is 20.1 Å². The minimum atomic E-state index is -0.249. The third kappa shape index (κ3) is 5.35. The second-order valence-electron chi connectivity index (χ2n) is 7.98. The molecular weight excluding hydrogens is 437 g/mol. The summed E-state index contributed by atoms with van der Waals surface area (Å²) < 4.78 is 15.2. The molecule has 6 nitrogen and oxygen atoms in total. The zero-order valence-corrected chi connectivity index (χ0v) is 19.7. The Morgan fingerprint density at radius 2 is 1.88 bits per heavy atom. The molecular formula is C25H28FN5OS. The van der Waals surface area contributed by atoms with Crippen LogP contribution in [0.15, 0.2) is 64.9 Å². The van der Waals surface area contributed by atoms with Crippen molar-refractivity contribution >= 4 is 21.7 Å². The van der Waals surface area contributed by atoms with Crippen molar-refractivity contribution < 1.29 is 4.39 Å². The fourth-order valence-corrected chi connectivity index (χ4v) is 4.72. The second-order valence-corrected chi connectivity index (χ2v) is 8.81. The SMILES string of the molecule is CCC(c1nc2scnc2c(=O)n1Cc1ccccc1)N(CCNC)Cc1ccc(F)cc1. The molecule has 0 fully saturated rings. The lowest BCUT2D eigenvalue weighted by molar-refractivity contribution is 0.172. The minimum Gasteiger partial charge on any atom is -0.318 e. The molecule has 0 aliphatic carbocycles. The maximum Gasteiger partial charge on any atom is 0.281 e. The largest absolute Gasteiger partial charge is 0.318 e. The molecule has 1 atom stereocenters. The van der Waals surface area contributed by atoms with Gasteiger partial charge in [0.25, 0.3) is 5.56 Å². The average Bonchev–Trinajstić information content (AvgIpc) is 3.31. The predicted molar refractivity (Wildman–Crippen MR) is 131 cm³/mol. The van der Waals surface area contributed by atoms with E-state index in [-0.39, 0.29) is 17.4 Å². The molecule has 4 rings (SSSR count). The van der Waals surface area contributed by atoms with E-state index < -0.39 is 0 Å². The molecule has 0 spiro atoms. The molecule has 0 saturated heterocycles. The fraction of sp³-hybridized carbons (Fsp3) is 0.320. The van der Waals surface area contributed by atoms with Crippen molar-refractivity contribution in [1.29, 1.82) is 0 Å². The van der Waals surface area contributed by atoms with Crippen LogP contribution in [0.4, 0.5) is 4.39 Å². The number of benzene rings is 2. The number of hydrogen-bond donors (Lipinski definition) is 1. The van der Waals surface area contributed by atoms with E-state index in [2.05, 4.69) is 22.1 Å². The van der Waals surface area contributed by atoms with Crippen LogP contribution in [0.1, 0.15) is 36.3 Å². The quantitative estimate of drug-likeness (QED) is 0.380. The van der Waals surface area contributed by atoms with Gasteiger partial charge in [-0.3, -0.25) is 14.3 Å². The van der Waals surface area contributed by atoms with Crippen molar-refractivity contribution in [3.8, 4) is 0 Å². The van der Waals surface area contributed by atoms with Gasteiger partial charge in [-0.05, 0) is 36.7 Å². The van der Waals surface area contributed by atoms with Crippen LogP contribution in [0.2, 0.25) is 0 Å². The highest BCUT2D eigenvalue weighted by atomic mass is 32.1. The van der Waals surface area contributed by atoms with Crippen molar-refractivity contribution in [2.24, 2.45) is 0 Å². The monoisotopic (exact) mass is 465 g/mol. The molecule has 172 valence electrons. The molecule has 0 saturated carbocycles. The van der Waals surface area contributed by atoms with E-state index in [4.69, 9.17) is 4.98 Å². The summed E-state index contributed by atoms with van der Waals surface area (Å²) in [5.74, 6) is 0.489. The zero-order valence-electron chi connectivity index (χ0n) is 18.9. The highest BCUT2D eigenvalue weighted by Crippen LogP contribution is 2.26.